The average molecular weight is 513 g/mol. The van der Waals surface area contributed by atoms with Crippen molar-refractivity contribution in [3.8, 4) is 17.4 Å². The molecule has 0 bridgehead atoms. The van der Waals surface area contributed by atoms with Crippen molar-refractivity contribution in [2.45, 2.75) is 51.7 Å². The van der Waals surface area contributed by atoms with Gasteiger partial charge in [-0.15, -0.1) is 15.3 Å². The number of pyridine rings is 1. The third-order valence-electron chi connectivity index (χ3n) is 7.01. The molecule has 1 aromatic carbocycles. The summed E-state index contributed by atoms with van der Waals surface area (Å²) in [6.07, 6.45) is 8.29. The van der Waals surface area contributed by atoms with Crippen molar-refractivity contribution < 1.29 is 18.8 Å². The van der Waals surface area contributed by atoms with E-state index in [1.54, 1.807) is 23.9 Å². The Balaban J connectivity index is 1.23. The molecule has 6 rings (SSSR count). The van der Waals surface area contributed by atoms with Crippen LogP contribution in [0.1, 0.15) is 60.3 Å². The maximum absolute atomic E-state index is 12.7. The summed E-state index contributed by atoms with van der Waals surface area (Å²) in [7, 11) is 1.59. The summed E-state index contributed by atoms with van der Waals surface area (Å²) in [6, 6.07) is 13.2. The van der Waals surface area contributed by atoms with Gasteiger partial charge in [0.25, 0.3) is 0 Å². The van der Waals surface area contributed by atoms with Crippen LogP contribution in [0.5, 0.6) is 5.88 Å². The van der Waals surface area contributed by atoms with Crippen molar-refractivity contribution in [1.29, 1.82) is 0 Å². The molecule has 0 unspecified atom stereocenters. The molecule has 1 saturated carbocycles. The second-order valence-electron chi connectivity index (χ2n) is 9.68. The van der Waals surface area contributed by atoms with Gasteiger partial charge >= 0.3 is 0 Å². The van der Waals surface area contributed by atoms with Gasteiger partial charge in [0.05, 0.1) is 5.69 Å². The van der Waals surface area contributed by atoms with E-state index in [0.29, 0.717) is 59.0 Å². The number of rotatable bonds is 9. The van der Waals surface area contributed by atoms with Gasteiger partial charge in [-0.1, -0.05) is 55.5 Å². The van der Waals surface area contributed by atoms with Crippen LogP contribution >= 0.6 is 0 Å². The highest BCUT2D eigenvalue weighted by Gasteiger charge is 2.20. The van der Waals surface area contributed by atoms with Crippen LogP contribution in [-0.4, -0.2) is 42.8 Å². The Morgan fingerprint density at radius 1 is 1.05 bits per heavy atom. The van der Waals surface area contributed by atoms with Crippen LogP contribution in [0.15, 0.2) is 53.2 Å². The molecule has 4 aromatic heterocycles. The average Bonchev–Trinajstić information content (AvgIpc) is 3.60. The van der Waals surface area contributed by atoms with E-state index in [2.05, 4.69) is 20.3 Å². The van der Waals surface area contributed by atoms with Crippen LogP contribution < -0.4 is 4.74 Å². The molecule has 0 saturated heterocycles. The molecular formula is C28H28N6O4. The number of aromatic nitrogens is 6. The molecule has 1 fully saturated rings. The molecule has 5 aromatic rings. The second kappa shape index (κ2) is 10.7. The Labute approximate surface area is 219 Å². The Morgan fingerprint density at radius 3 is 2.68 bits per heavy atom. The maximum atomic E-state index is 12.7. The highest BCUT2D eigenvalue weighted by molar-refractivity contribution is 5.97. The molecule has 194 valence electrons. The van der Waals surface area contributed by atoms with Crippen molar-refractivity contribution in [2.24, 2.45) is 5.92 Å². The number of Topliss-reactive ketones (excluding diaryl/α,β-unsaturated/α-hetero) is 1. The minimum Gasteiger partial charge on any atom is -0.470 e. The van der Waals surface area contributed by atoms with E-state index in [1.807, 2.05) is 36.4 Å². The molecule has 0 atom stereocenters. The minimum absolute atomic E-state index is 0.164. The summed E-state index contributed by atoms with van der Waals surface area (Å²) < 4.78 is 18.2. The van der Waals surface area contributed by atoms with Crippen molar-refractivity contribution in [3.63, 3.8) is 0 Å². The fourth-order valence-corrected chi connectivity index (χ4v) is 5.04. The quantitative estimate of drug-likeness (QED) is 0.245. The Bertz CT molecular complexity index is 1570. The van der Waals surface area contributed by atoms with Crippen LogP contribution in [-0.2, 0) is 18.0 Å². The summed E-state index contributed by atoms with van der Waals surface area (Å²) in [4.78, 5) is 17.2. The number of nitrogens with zero attached hydrogens (tertiary/aromatic N) is 6. The first kappa shape index (κ1) is 24.2. The third kappa shape index (κ3) is 4.87. The molecule has 10 heteroatoms. The van der Waals surface area contributed by atoms with Gasteiger partial charge in [-0.2, -0.15) is 4.52 Å². The van der Waals surface area contributed by atoms with Gasteiger partial charge in [-0.05, 0) is 24.1 Å². The van der Waals surface area contributed by atoms with Crippen LogP contribution in [0.2, 0.25) is 0 Å². The Hall–Kier alpha value is -4.18. The standard InChI is InChI=1S/C28H28N6O4/c1-36-17-21-14-24(33-38-21)27-31-30-26-22-9-5-6-10-23(22)28(32-34(26)27)37-16-20-12-11-19(15-29-20)25(35)13-18-7-3-2-4-8-18/h5-6,9-12,14-15,18H,2-4,7-8,13,16-17H2,1H3. The number of ketones is 1. The first-order chi connectivity index (χ1) is 18.7. The first-order valence-electron chi connectivity index (χ1n) is 12.9. The normalized spacial score (nSPS) is 14.3. The van der Waals surface area contributed by atoms with Crippen LogP contribution in [0.3, 0.4) is 0 Å². The summed E-state index contributed by atoms with van der Waals surface area (Å²) in [6.45, 7) is 0.491. The molecule has 1 aliphatic carbocycles. The van der Waals surface area contributed by atoms with Crippen molar-refractivity contribution in [3.05, 3.63) is 65.7 Å². The lowest BCUT2D eigenvalue weighted by Gasteiger charge is -2.20. The van der Waals surface area contributed by atoms with E-state index in [-0.39, 0.29) is 12.4 Å². The summed E-state index contributed by atoms with van der Waals surface area (Å²) in [5.74, 6) is 2.08. The zero-order valence-electron chi connectivity index (χ0n) is 21.2. The topological polar surface area (TPSA) is 118 Å². The number of fused-ring (bicyclic) bond motifs is 3. The minimum atomic E-state index is 0.164. The molecule has 38 heavy (non-hydrogen) atoms. The van der Waals surface area contributed by atoms with Gasteiger partial charge in [0.2, 0.25) is 11.7 Å². The molecule has 0 radical (unpaired) electrons. The predicted molar refractivity (Wildman–Crippen MR) is 139 cm³/mol. The SMILES string of the molecule is COCc1cc(-c2nnc3c4ccccc4c(OCc4ccc(C(=O)CC5CCCCC5)cn4)nn23)no1. The largest absolute Gasteiger partial charge is 0.470 e. The van der Waals surface area contributed by atoms with E-state index in [9.17, 15) is 4.79 Å². The zero-order valence-corrected chi connectivity index (χ0v) is 21.2. The molecule has 0 spiro atoms. The van der Waals surface area contributed by atoms with Crippen LogP contribution in [0, 0.1) is 5.92 Å². The first-order valence-corrected chi connectivity index (χ1v) is 12.9. The lowest BCUT2D eigenvalue weighted by molar-refractivity contribution is 0.0949. The molecule has 0 amide bonds. The number of carbonyl (C=O) groups is 1. The van der Waals surface area contributed by atoms with Gasteiger partial charge in [-0.3, -0.25) is 9.78 Å². The van der Waals surface area contributed by atoms with E-state index in [1.165, 1.54) is 19.3 Å². The van der Waals surface area contributed by atoms with Gasteiger partial charge in [0.1, 0.15) is 13.2 Å². The zero-order chi connectivity index (χ0) is 25.9. The Kier molecular flexibility index (Phi) is 6.78. The van der Waals surface area contributed by atoms with Gasteiger partial charge < -0.3 is 14.0 Å². The highest BCUT2D eigenvalue weighted by atomic mass is 16.5. The summed E-state index contributed by atoms with van der Waals surface area (Å²) in [5, 5.41) is 19.1. The van der Waals surface area contributed by atoms with Gasteiger partial charge in [0.15, 0.2) is 22.9 Å². The second-order valence-corrected chi connectivity index (χ2v) is 9.68. The number of carbonyl (C=O) groups excluding carboxylic acids is 1. The van der Waals surface area contributed by atoms with E-state index >= 15 is 0 Å². The van der Waals surface area contributed by atoms with E-state index < -0.39 is 0 Å². The smallest absolute Gasteiger partial charge is 0.240 e. The van der Waals surface area contributed by atoms with Crippen molar-refractivity contribution in [2.75, 3.05) is 7.11 Å². The number of ether oxygens (including phenoxy) is 2. The van der Waals surface area contributed by atoms with E-state index in [0.717, 1.165) is 23.6 Å². The van der Waals surface area contributed by atoms with Crippen molar-refractivity contribution >= 4 is 22.2 Å². The highest BCUT2D eigenvalue weighted by Crippen LogP contribution is 2.30. The third-order valence-corrected chi connectivity index (χ3v) is 7.01. The molecule has 0 aliphatic heterocycles. The van der Waals surface area contributed by atoms with Crippen molar-refractivity contribution in [1.82, 2.24) is 30.0 Å². The lowest BCUT2D eigenvalue weighted by Crippen LogP contribution is -2.12. The number of methoxy groups -OCH3 is 1. The maximum Gasteiger partial charge on any atom is 0.240 e. The van der Waals surface area contributed by atoms with Gasteiger partial charge in [-0.25, -0.2) is 0 Å². The molecule has 1 aliphatic rings. The monoisotopic (exact) mass is 512 g/mol. The molecule has 10 nitrogen and oxygen atoms in total. The van der Waals surface area contributed by atoms with Gasteiger partial charge in [0, 0.05) is 42.1 Å². The summed E-state index contributed by atoms with van der Waals surface area (Å²) >= 11 is 0. The number of hydrogen-bond acceptors (Lipinski definition) is 9. The number of hydrogen-bond donors (Lipinski definition) is 0. The van der Waals surface area contributed by atoms with Crippen LogP contribution in [0.25, 0.3) is 27.9 Å². The lowest BCUT2D eigenvalue weighted by atomic mass is 9.85. The summed E-state index contributed by atoms with van der Waals surface area (Å²) in [5.41, 5.74) is 2.43. The molecular weight excluding hydrogens is 484 g/mol. The molecule has 0 N–H and O–H groups in total. The fourth-order valence-electron chi connectivity index (χ4n) is 5.04. The predicted octanol–water partition coefficient (Wildman–Crippen LogP) is 5.21. The number of benzene rings is 1. The molecule has 4 heterocycles. The Morgan fingerprint density at radius 2 is 1.89 bits per heavy atom. The van der Waals surface area contributed by atoms with Crippen LogP contribution in [0.4, 0.5) is 0 Å². The van der Waals surface area contributed by atoms with E-state index in [4.69, 9.17) is 19.1 Å². The fraction of sp³-hybridized carbons (Fsp3) is 0.357.